The predicted molar refractivity (Wildman–Crippen MR) is 71.5 cm³/mol. The van der Waals surface area contributed by atoms with Gasteiger partial charge in [0.15, 0.2) is 0 Å². The van der Waals surface area contributed by atoms with Crippen LogP contribution in [0.25, 0.3) is 0 Å². The molecule has 2 N–H and O–H groups in total. The van der Waals surface area contributed by atoms with Gasteiger partial charge in [-0.15, -0.1) is 0 Å². The van der Waals surface area contributed by atoms with Crippen LogP contribution in [-0.4, -0.2) is 35.5 Å². The molecule has 2 unspecified atom stereocenters. The van der Waals surface area contributed by atoms with Crippen LogP contribution in [0, 0.1) is 13.8 Å². The number of rotatable bonds is 5. The second-order valence-corrected chi connectivity index (χ2v) is 4.95. The molecule has 0 spiro atoms. The minimum atomic E-state index is -0.408. The van der Waals surface area contributed by atoms with Gasteiger partial charge in [0, 0.05) is 18.8 Å². The Hall–Kier alpha value is -1.06. The predicted octanol–water partition coefficient (Wildman–Crippen LogP) is 1.87. The lowest BCUT2D eigenvalue weighted by molar-refractivity contribution is 0.178. The van der Waals surface area contributed by atoms with E-state index < -0.39 is 12.2 Å². The SMILES string of the molecule is Cc1cc(C)cc(N(CC(C)O)CC(C)O)c1. The van der Waals surface area contributed by atoms with Gasteiger partial charge in [-0.2, -0.15) is 0 Å². The van der Waals surface area contributed by atoms with E-state index in [1.54, 1.807) is 13.8 Å². The fourth-order valence-corrected chi connectivity index (χ4v) is 2.06. The molecule has 3 nitrogen and oxygen atoms in total. The fraction of sp³-hybridized carbons (Fsp3) is 0.571. The molecule has 0 aliphatic carbocycles. The van der Waals surface area contributed by atoms with E-state index in [2.05, 4.69) is 32.0 Å². The Bertz CT molecular complexity index is 331. The van der Waals surface area contributed by atoms with Crippen molar-refractivity contribution in [2.45, 2.75) is 39.9 Å². The molecule has 0 amide bonds. The normalized spacial score (nSPS) is 14.5. The summed E-state index contributed by atoms with van der Waals surface area (Å²) < 4.78 is 0. The van der Waals surface area contributed by atoms with Gasteiger partial charge in [0.2, 0.25) is 0 Å². The third kappa shape index (κ3) is 4.75. The van der Waals surface area contributed by atoms with Gasteiger partial charge in [-0.1, -0.05) is 6.07 Å². The van der Waals surface area contributed by atoms with Gasteiger partial charge in [0.25, 0.3) is 0 Å². The molecule has 1 aromatic rings. The Labute approximate surface area is 104 Å². The maximum Gasteiger partial charge on any atom is 0.0687 e. The molecule has 0 radical (unpaired) electrons. The van der Waals surface area contributed by atoms with Gasteiger partial charge in [-0.25, -0.2) is 0 Å². The molecule has 0 fully saturated rings. The largest absolute Gasteiger partial charge is 0.392 e. The van der Waals surface area contributed by atoms with Crippen molar-refractivity contribution in [3.8, 4) is 0 Å². The van der Waals surface area contributed by atoms with Crippen molar-refractivity contribution in [3.05, 3.63) is 29.3 Å². The first-order valence-corrected chi connectivity index (χ1v) is 6.08. The molecule has 0 saturated carbocycles. The lowest BCUT2D eigenvalue weighted by atomic mass is 10.1. The van der Waals surface area contributed by atoms with Crippen molar-refractivity contribution in [1.82, 2.24) is 0 Å². The quantitative estimate of drug-likeness (QED) is 0.821. The van der Waals surface area contributed by atoms with E-state index >= 15 is 0 Å². The molecule has 0 aromatic heterocycles. The molecule has 0 bridgehead atoms. The van der Waals surface area contributed by atoms with E-state index in [-0.39, 0.29) is 0 Å². The summed E-state index contributed by atoms with van der Waals surface area (Å²) in [4.78, 5) is 2.02. The highest BCUT2D eigenvalue weighted by molar-refractivity contribution is 5.51. The molecule has 0 heterocycles. The van der Waals surface area contributed by atoms with Crippen LogP contribution in [0.2, 0.25) is 0 Å². The summed E-state index contributed by atoms with van der Waals surface area (Å²) in [6.07, 6.45) is -0.816. The van der Waals surface area contributed by atoms with Crippen LogP contribution < -0.4 is 4.90 Å². The first-order valence-electron chi connectivity index (χ1n) is 6.08. The second kappa shape index (κ2) is 6.03. The molecular formula is C14H23NO2. The van der Waals surface area contributed by atoms with Crippen LogP contribution >= 0.6 is 0 Å². The zero-order valence-electron chi connectivity index (χ0n) is 11.1. The number of nitrogens with zero attached hydrogens (tertiary/aromatic N) is 1. The zero-order chi connectivity index (χ0) is 13.0. The van der Waals surface area contributed by atoms with Crippen LogP contribution in [0.5, 0.6) is 0 Å². The molecule has 0 aliphatic heterocycles. The molecule has 0 aliphatic rings. The van der Waals surface area contributed by atoms with Crippen LogP contribution in [-0.2, 0) is 0 Å². The summed E-state index contributed by atoms with van der Waals surface area (Å²) in [7, 11) is 0. The average Bonchev–Trinajstić information content (AvgIpc) is 2.13. The van der Waals surface area contributed by atoms with Crippen molar-refractivity contribution in [1.29, 1.82) is 0 Å². The second-order valence-electron chi connectivity index (χ2n) is 4.95. The Morgan fingerprint density at radius 3 is 1.71 bits per heavy atom. The molecule has 1 aromatic carbocycles. The standard InChI is InChI=1S/C14H23NO2/c1-10-5-11(2)7-14(6-10)15(8-12(3)16)9-13(4)17/h5-7,12-13,16-17H,8-9H2,1-4H3. The molecule has 0 saturated heterocycles. The Morgan fingerprint density at radius 2 is 1.35 bits per heavy atom. The van der Waals surface area contributed by atoms with Crippen molar-refractivity contribution in [3.63, 3.8) is 0 Å². The Kier molecular flexibility index (Phi) is 4.97. The van der Waals surface area contributed by atoms with Crippen molar-refractivity contribution in [2.75, 3.05) is 18.0 Å². The summed E-state index contributed by atoms with van der Waals surface area (Å²) in [5.74, 6) is 0. The van der Waals surface area contributed by atoms with Crippen LogP contribution in [0.1, 0.15) is 25.0 Å². The summed E-state index contributed by atoms with van der Waals surface area (Å²) in [6.45, 7) is 8.70. The monoisotopic (exact) mass is 237 g/mol. The van der Waals surface area contributed by atoms with Crippen LogP contribution in [0.15, 0.2) is 18.2 Å². The van der Waals surface area contributed by atoms with Gasteiger partial charge < -0.3 is 15.1 Å². The summed E-state index contributed by atoms with van der Waals surface area (Å²) in [5, 5.41) is 19.0. The number of anilines is 1. The fourth-order valence-electron chi connectivity index (χ4n) is 2.06. The zero-order valence-corrected chi connectivity index (χ0v) is 11.1. The van der Waals surface area contributed by atoms with Crippen LogP contribution in [0.3, 0.4) is 0 Å². The van der Waals surface area contributed by atoms with E-state index in [1.165, 1.54) is 11.1 Å². The molecule has 17 heavy (non-hydrogen) atoms. The Morgan fingerprint density at radius 1 is 0.941 bits per heavy atom. The number of aryl methyl sites for hydroxylation is 2. The van der Waals surface area contributed by atoms with E-state index in [9.17, 15) is 10.2 Å². The van der Waals surface area contributed by atoms with Crippen LogP contribution in [0.4, 0.5) is 5.69 Å². The van der Waals surface area contributed by atoms with E-state index in [1.807, 2.05) is 4.90 Å². The van der Waals surface area contributed by atoms with Gasteiger partial charge in [0.05, 0.1) is 12.2 Å². The van der Waals surface area contributed by atoms with Crippen molar-refractivity contribution >= 4 is 5.69 Å². The van der Waals surface area contributed by atoms with Gasteiger partial charge in [-0.05, 0) is 51.0 Å². The molecule has 3 heteroatoms. The summed E-state index contributed by atoms with van der Waals surface area (Å²) in [6, 6.07) is 6.28. The highest BCUT2D eigenvalue weighted by Gasteiger charge is 2.12. The lowest BCUT2D eigenvalue weighted by Gasteiger charge is -2.28. The Balaban J connectivity index is 2.94. The highest BCUT2D eigenvalue weighted by atomic mass is 16.3. The maximum absolute atomic E-state index is 9.51. The molecule has 1 rings (SSSR count). The summed E-state index contributed by atoms with van der Waals surface area (Å²) >= 11 is 0. The first-order chi connectivity index (χ1) is 7.88. The third-order valence-corrected chi connectivity index (χ3v) is 2.54. The lowest BCUT2D eigenvalue weighted by Crippen LogP contribution is -2.36. The first kappa shape index (κ1) is 14.0. The minimum absolute atomic E-state index is 0.408. The van der Waals surface area contributed by atoms with E-state index in [0.717, 1.165) is 5.69 Å². The molecule has 96 valence electrons. The third-order valence-electron chi connectivity index (χ3n) is 2.54. The topological polar surface area (TPSA) is 43.7 Å². The maximum atomic E-state index is 9.51. The van der Waals surface area contributed by atoms with Gasteiger partial charge in [0.1, 0.15) is 0 Å². The number of aliphatic hydroxyl groups is 2. The van der Waals surface area contributed by atoms with E-state index in [4.69, 9.17) is 0 Å². The number of hydrogen-bond donors (Lipinski definition) is 2. The number of benzene rings is 1. The number of aliphatic hydroxyl groups excluding tert-OH is 2. The average molecular weight is 237 g/mol. The summed E-state index contributed by atoms with van der Waals surface area (Å²) in [5.41, 5.74) is 3.45. The highest BCUT2D eigenvalue weighted by Crippen LogP contribution is 2.19. The van der Waals surface area contributed by atoms with Gasteiger partial charge >= 0.3 is 0 Å². The molecule has 2 atom stereocenters. The van der Waals surface area contributed by atoms with Gasteiger partial charge in [-0.3, -0.25) is 0 Å². The minimum Gasteiger partial charge on any atom is -0.392 e. The smallest absolute Gasteiger partial charge is 0.0687 e. The number of hydrogen-bond acceptors (Lipinski definition) is 3. The van der Waals surface area contributed by atoms with Crippen molar-refractivity contribution in [2.24, 2.45) is 0 Å². The van der Waals surface area contributed by atoms with E-state index in [0.29, 0.717) is 13.1 Å². The molecular weight excluding hydrogens is 214 g/mol. The van der Waals surface area contributed by atoms with Crippen molar-refractivity contribution < 1.29 is 10.2 Å².